The molecule has 1 unspecified atom stereocenters. The number of hydrogen-bond acceptors (Lipinski definition) is 3. The van der Waals surface area contributed by atoms with Gasteiger partial charge in [-0.15, -0.1) is 0 Å². The second-order valence-electron chi connectivity index (χ2n) is 3.53. The van der Waals surface area contributed by atoms with Crippen molar-refractivity contribution in [3.8, 4) is 0 Å². The molecular formula is C9H18N2O2. The molecule has 1 aliphatic rings. The van der Waals surface area contributed by atoms with Crippen LogP contribution in [0.25, 0.3) is 0 Å². The van der Waals surface area contributed by atoms with E-state index in [-0.39, 0.29) is 18.9 Å². The minimum absolute atomic E-state index is 0.0357. The molecule has 76 valence electrons. The van der Waals surface area contributed by atoms with Gasteiger partial charge in [0.05, 0.1) is 6.61 Å². The highest BCUT2D eigenvalue weighted by Crippen LogP contribution is 2.15. The van der Waals surface area contributed by atoms with E-state index in [2.05, 4.69) is 5.32 Å². The van der Waals surface area contributed by atoms with Crippen LogP contribution in [0.3, 0.4) is 0 Å². The van der Waals surface area contributed by atoms with Crippen molar-refractivity contribution in [2.75, 3.05) is 33.3 Å². The van der Waals surface area contributed by atoms with Crippen LogP contribution in [0, 0.1) is 5.92 Å². The van der Waals surface area contributed by atoms with Gasteiger partial charge in [0.25, 0.3) is 0 Å². The molecule has 0 aromatic heterocycles. The van der Waals surface area contributed by atoms with Gasteiger partial charge in [-0.05, 0) is 25.9 Å². The Balaban J connectivity index is 2.27. The molecule has 0 bridgehead atoms. The van der Waals surface area contributed by atoms with E-state index in [9.17, 15) is 4.79 Å². The van der Waals surface area contributed by atoms with Gasteiger partial charge < -0.3 is 15.3 Å². The van der Waals surface area contributed by atoms with Gasteiger partial charge in [0.15, 0.2) is 0 Å². The lowest BCUT2D eigenvalue weighted by molar-refractivity contribution is -0.130. The first-order valence-corrected chi connectivity index (χ1v) is 4.81. The van der Waals surface area contributed by atoms with Crippen molar-refractivity contribution in [3.05, 3.63) is 0 Å². The zero-order chi connectivity index (χ0) is 9.68. The van der Waals surface area contributed by atoms with Gasteiger partial charge in [-0.25, -0.2) is 0 Å². The molecule has 4 heteroatoms. The Morgan fingerprint density at radius 2 is 2.46 bits per heavy atom. The highest BCUT2D eigenvalue weighted by atomic mass is 16.3. The van der Waals surface area contributed by atoms with Gasteiger partial charge in [-0.2, -0.15) is 0 Å². The first-order chi connectivity index (χ1) is 6.27. The minimum Gasteiger partial charge on any atom is -0.396 e. The van der Waals surface area contributed by atoms with Crippen LogP contribution < -0.4 is 5.32 Å². The number of carbonyl (C=O) groups excluding carboxylic acids is 1. The van der Waals surface area contributed by atoms with Crippen LogP contribution in [0.1, 0.15) is 12.8 Å². The quantitative estimate of drug-likeness (QED) is 0.618. The van der Waals surface area contributed by atoms with Crippen molar-refractivity contribution in [1.82, 2.24) is 10.2 Å². The van der Waals surface area contributed by atoms with E-state index in [1.54, 1.807) is 0 Å². The summed E-state index contributed by atoms with van der Waals surface area (Å²) < 4.78 is 0. The van der Waals surface area contributed by atoms with Crippen LogP contribution in [0.15, 0.2) is 0 Å². The molecule has 0 aliphatic carbocycles. The largest absolute Gasteiger partial charge is 0.396 e. The molecule has 0 radical (unpaired) electrons. The smallest absolute Gasteiger partial charge is 0.224 e. The Bertz CT molecular complexity index is 173. The average Bonchev–Trinajstić information content (AvgIpc) is 2.54. The van der Waals surface area contributed by atoms with Crippen molar-refractivity contribution in [3.63, 3.8) is 0 Å². The van der Waals surface area contributed by atoms with Crippen LogP contribution >= 0.6 is 0 Å². The van der Waals surface area contributed by atoms with Crippen molar-refractivity contribution in [1.29, 1.82) is 0 Å². The SMILES string of the molecule is CNCC1CCN(C(=O)CCO)C1. The minimum atomic E-state index is -0.0357. The van der Waals surface area contributed by atoms with Gasteiger partial charge in [0, 0.05) is 19.5 Å². The number of aliphatic hydroxyl groups excluding tert-OH is 1. The monoisotopic (exact) mass is 186 g/mol. The fourth-order valence-electron chi connectivity index (χ4n) is 1.77. The molecule has 0 spiro atoms. The van der Waals surface area contributed by atoms with Gasteiger partial charge >= 0.3 is 0 Å². The fraction of sp³-hybridized carbons (Fsp3) is 0.889. The molecule has 1 aliphatic heterocycles. The summed E-state index contributed by atoms with van der Waals surface area (Å²) in [6.07, 6.45) is 1.35. The third kappa shape index (κ3) is 2.97. The normalized spacial score (nSPS) is 22.3. The predicted molar refractivity (Wildman–Crippen MR) is 50.3 cm³/mol. The summed E-state index contributed by atoms with van der Waals surface area (Å²) in [5.74, 6) is 0.675. The Labute approximate surface area is 78.9 Å². The zero-order valence-electron chi connectivity index (χ0n) is 8.12. The van der Waals surface area contributed by atoms with E-state index >= 15 is 0 Å². The maximum atomic E-state index is 11.3. The number of carbonyl (C=O) groups is 1. The third-order valence-corrected chi connectivity index (χ3v) is 2.46. The van der Waals surface area contributed by atoms with E-state index in [4.69, 9.17) is 5.11 Å². The van der Waals surface area contributed by atoms with E-state index in [0.29, 0.717) is 5.92 Å². The lowest BCUT2D eigenvalue weighted by Crippen LogP contribution is -2.30. The van der Waals surface area contributed by atoms with E-state index in [0.717, 1.165) is 26.1 Å². The van der Waals surface area contributed by atoms with Crippen molar-refractivity contribution >= 4 is 5.91 Å². The summed E-state index contributed by atoms with van der Waals surface area (Å²) in [4.78, 5) is 13.2. The number of likely N-dealkylation sites (tertiary alicyclic amines) is 1. The van der Waals surface area contributed by atoms with Gasteiger partial charge in [-0.1, -0.05) is 0 Å². The van der Waals surface area contributed by atoms with Crippen molar-refractivity contribution < 1.29 is 9.90 Å². The molecule has 1 rings (SSSR count). The van der Waals surface area contributed by atoms with Gasteiger partial charge in [-0.3, -0.25) is 4.79 Å². The third-order valence-electron chi connectivity index (χ3n) is 2.46. The maximum Gasteiger partial charge on any atom is 0.224 e. The summed E-state index contributed by atoms with van der Waals surface area (Å²) in [5, 5.41) is 11.7. The predicted octanol–water partition coefficient (Wildman–Crippen LogP) is -0.563. The van der Waals surface area contributed by atoms with Crippen LogP contribution in [-0.2, 0) is 4.79 Å². The molecule has 0 aromatic rings. The lowest BCUT2D eigenvalue weighted by atomic mass is 10.1. The van der Waals surface area contributed by atoms with Gasteiger partial charge in [0.1, 0.15) is 0 Å². The second-order valence-corrected chi connectivity index (χ2v) is 3.53. The molecule has 0 aromatic carbocycles. The summed E-state index contributed by atoms with van der Waals surface area (Å²) in [6, 6.07) is 0. The molecule has 13 heavy (non-hydrogen) atoms. The molecule has 1 fully saturated rings. The number of aliphatic hydroxyl groups is 1. The number of nitrogens with one attached hydrogen (secondary N) is 1. The standard InChI is InChI=1S/C9H18N2O2/c1-10-6-8-2-4-11(7-8)9(13)3-5-12/h8,10,12H,2-7H2,1H3. The molecule has 2 N–H and O–H groups in total. The highest BCUT2D eigenvalue weighted by molar-refractivity contribution is 5.76. The lowest BCUT2D eigenvalue weighted by Gasteiger charge is -2.15. The van der Waals surface area contributed by atoms with Crippen LogP contribution in [0.4, 0.5) is 0 Å². The fourth-order valence-corrected chi connectivity index (χ4v) is 1.77. The van der Waals surface area contributed by atoms with Crippen molar-refractivity contribution in [2.45, 2.75) is 12.8 Å². The molecular weight excluding hydrogens is 168 g/mol. The van der Waals surface area contributed by atoms with Crippen molar-refractivity contribution in [2.24, 2.45) is 5.92 Å². The molecule has 1 saturated heterocycles. The Kier molecular flexibility index (Phi) is 4.18. The summed E-state index contributed by atoms with van der Waals surface area (Å²) in [5.41, 5.74) is 0. The Morgan fingerprint density at radius 1 is 1.69 bits per heavy atom. The zero-order valence-corrected chi connectivity index (χ0v) is 8.12. The van der Waals surface area contributed by atoms with Gasteiger partial charge in [0.2, 0.25) is 5.91 Å². The number of rotatable bonds is 4. The van der Waals surface area contributed by atoms with E-state index < -0.39 is 0 Å². The maximum absolute atomic E-state index is 11.3. The molecule has 1 amide bonds. The molecule has 1 heterocycles. The second kappa shape index (κ2) is 5.19. The molecule has 0 saturated carbocycles. The topological polar surface area (TPSA) is 52.6 Å². The molecule has 4 nitrogen and oxygen atoms in total. The number of nitrogens with zero attached hydrogens (tertiary/aromatic N) is 1. The number of hydrogen-bond donors (Lipinski definition) is 2. The highest BCUT2D eigenvalue weighted by Gasteiger charge is 2.24. The molecule has 1 atom stereocenters. The van der Waals surface area contributed by atoms with Crippen LogP contribution in [-0.4, -0.2) is 49.2 Å². The summed E-state index contributed by atoms with van der Waals surface area (Å²) in [6.45, 7) is 2.64. The summed E-state index contributed by atoms with van der Waals surface area (Å²) >= 11 is 0. The first kappa shape index (κ1) is 10.5. The number of amides is 1. The first-order valence-electron chi connectivity index (χ1n) is 4.81. The Hall–Kier alpha value is -0.610. The average molecular weight is 186 g/mol. The summed E-state index contributed by atoms with van der Waals surface area (Å²) in [7, 11) is 1.93. The van der Waals surface area contributed by atoms with E-state index in [1.165, 1.54) is 0 Å². The van der Waals surface area contributed by atoms with E-state index in [1.807, 2.05) is 11.9 Å². The van der Waals surface area contributed by atoms with Crippen LogP contribution in [0.2, 0.25) is 0 Å². The Morgan fingerprint density at radius 3 is 3.08 bits per heavy atom. The van der Waals surface area contributed by atoms with Crippen LogP contribution in [0.5, 0.6) is 0 Å².